The van der Waals surface area contributed by atoms with Crippen LogP contribution in [0.25, 0.3) is 11.3 Å². The summed E-state index contributed by atoms with van der Waals surface area (Å²) in [6.07, 6.45) is 0. The number of nitrogen functional groups attached to an aromatic ring is 1. The molecule has 0 saturated carbocycles. The summed E-state index contributed by atoms with van der Waals surface area (Å²) in [6, 6.07) is 8.77. The average molecular weight is 232 g/mol. The Morgan fingerprint density at radius 2 is 2.00 bits per heavy atom. The molecular weight excluding hydrogens is 220 g/mol. The Balaban J connectivity index is 2.39. The summed E-state index contributed by atoms with van der Waals surface area (Å²) in [6.45, 7) is 0. The SMILES string of the molecule is COc1ccc(-c2cc(C(=O)O)c(N)[nH]2)cc1. The van der Waals surface area contributed by atoms with Gasteiger partial charge >= 0.3 is 5.97 Å². The molecule has 5 heteroatoms. The minimum Gasteiger partial charge on any atom is -0.497 e. The second-order valence-corrected chi connectivity index (χ2v) is 3.54. The highest BCUT2D eigenvalue weighted by atomic mass is 16.5. The van der Waals surface area contributed by atoms with Crippen molar-refractivity contribution in [1.29, 1.82) is 0 Å². The van der Waals surface area contributed by atoms with Crippen LogP contribution in [0.15, 0.2) is 30.3 Å². The van der Waals surface area contributed by atoms with Crippen LogP contribution >= 0.6 is 0 Å². The smallest absolute Gasteiger partial charge is 0.339 e. The zero-order chi connectivity index (χ0) is 12.4. The zero-order valence-corrected chi connectivity index (χ0v) is 9.23. The molecule has 0 fully saturated rings. The molecule has 2 aromatic rings. The van der Waals surface area contributed by atoms with Crippen LogP contribution in [0.5, 0.6) is 5.75 Å². The van der Waals surface area contributed by atoms with Crippen LogP contribution in [0.4, 0.5) is 5.82 Å². The molecule has 0 spiro atoms. The number of hydrogen-bond donors (Lipinski definition) is 3. The molecule has 0 radical (unpaired) electrons. The van der Waals surface area contributed by atoms with Crippen molar-refractivity contribution in [1.82, 2.24) is 4.98 Å². The summed E-state index contributed by atoms with van der Waals surface area (Å²) in [7, 11) is 1.59. The number of benzene rings is 1. The van der Waals surface area contributed by atoms with Gasteiger partial charge < -0.3 is 20.6 Å². The topological polar surface area (TPSA) is 88.3 Å². The number of methoxy groups -OCH3 is 1. The van der Waals surface area contributed by atoms with E-state index < -0.39 is 5.97 Å². The van der Waals surface area contributed by atoms with Crippen LogP contribution in [0.1, 0.15) is 10.4 Å². The second kappa shape index (κ2) is 4.21. The lowest BCUT2D eigenvalue weighted by Gasteiger charge is -2.01. The van der Waals surface area contributed by atoms with Gasteiger partial charge in [0.1, 0.15) is 17.1 Å². The number of anilines is 1. The monoisotopic (exact) mass is 232 g/mol. The third-order valence-electron chi connectivity index (χ3n) is 2.48. The fraction of sp³-hybridized carbons (Fsp3) is 0.0833. The van der Waals surface area contributed by atoms with Crippen LogP contribution < -0.4 is 10.5 Å². The zero-order valence-electron chi connectivity index (χ0n) is 9.23. The number of carbonyl (C=O) groups is 1. The molecule has 0 atom stereocenters. The summed E-state index contributed by atoms with van der Waals surface area (Å²) in [5.74, 6) is -0.145. The Kier molecular flexibility index (Phi) is 2.74. The van der Waals surface area contributed by atoms with Gasteiger partial charge in [-0.25, -0.2) is 4.79 Å². The first-order chi connectivity index (χ1) is 8.11. The van der Waals surface area contributed by atoms with E-state index in [-0.39, 0.29) is 11.4 Å². The first-order valence-electron chi connectivity index (χ1n) is 4.98. The summed E-state index contributed by atoms with van der Waals surface area (Å²) in [4.78, 5) is 13.7. The number of rotatable bonds is 3. The van der Waals surface area contributed by atoms with Crippen molar-refractivity contribution in [3.63, 3.8) is 0 Å². The number of nitrogens with one attached hydrogen (secondary N) is 1. The predicted octanol–water partition coefficient (Wildman–Crippen LogP) is 1.97. The minimum atomic E-state index is -1.04. The van der Waals surface area contributed by atoms with Gasteiger partial charge in [-0.05, 0) is 35.9 Å². The Morgan fingerprint density at radius 3 is 2.47 bits per heavy atom. The van der Waals surface area contributed by atoms with Crippen molar-refractivity contribution < 1.29 is 14.6 Å². The molecule has 2 rings (SSSR count). The molecule has 88 valence electrons. The lowest BCUT2D eigenvalue weighted by atomic mass is 10.1. The Morgan fingerprint density at radius 1 is 1.35 bits per heavy atom. The maximum atomic E-state index is 10.8. The van der Waals surface area contributed by atoms with Crippen LogP contribution in [0, 0.1) is 0 Å². The van der Waals surface area contributed by atoms with Gasteiger partial charge in [0.15, 0.2) is 0 Å². The normalized spacial score (nSPS) is 10.2. The molecule has 17 heavy (non-hydrogen) atoms. The maximum absolute atomic E-state index is 10.8. The van der Waals surface area contributed by atoms with Gasteiger partial charge in [-0.3, -0.25) is 0 Å². The average Bonchev–Trinajstić information content (AvgIpc) is 2.71. The van der Waals surface area contributed by atoms with E-state index in [4.69, 9.17) is 15.6 Å². The number of aromatic carboxylic acids is 1. The number of carboxylic acids is 1. The quantitative estimate of drug-likeness (QED) is 0.754. The van der Waals surface area contributed by atoms with Crippen LogP contribution in [-0.4, -0.2) is 23.2 Å². The molecule has 0 amide bonds. The molecule has 0 aliphatic heterocycles. The van der Waals surface area contributed by atoms with Gasteiger partial charge in [0.2, 0.25) is 0 Å². The van der Waals surface area contributed by atoms with Crippen molar-refractivity contribution in [3.05, 3.63) is 35.9 Å². The molecular formula is C12H12N2O3. The largest absolute Gasteiger partial charge is 0.497 e. The number of aromatic nitrogens is 1. The van der Waals surface area contributed by atoms with E-state index in [1.807, 2.05) is 12.1 Å². The van der Waals surface area contributed by atoms with E-state index in [9.17, 15) is 4.79 Å². The maximum Gasteiger partial charge on any atom is 0.339 e. The molecule has 0 unspecified atom stereocenters. The lowest BCUT2D eigenvalue weighted by molar-refractivity contribution is 0.0698. The van der Waals surface area contributed by atoms with Crippen molar-refractivity contribution >= 4 is 11.8 Å². The van der Waals surface area contributed by atoms with Gasteiger partial charge in [-0.2, -0.15) is 0 Å². The Bertz CT molecular complexity index is 543. The first-order valence-corrected chi connectivity index (χ1v) is 4.98. The highest BCUT2D eigenvalue weighted by molar-refractivity contribution is 5.94. The molecule has 0 bridgehead atoms. The Labute approximate surface area is 97.8 Å². The lowest BCUT2D eigenvalue weighted by Crippen LogP contribution is -1.98. The summed E-state index contributed by atoms with van der Waals surface area (Å²) < 4.78 is 5.04. The fourth-order valence-electron chi connectivity index (χ4n) is 1.57. The summed E-state index contributed by atoms with van der Waals surface area (Å²) in [5, 5.41) is 8.89. The van der Waals surface area contributed by atoms with E-state index in [1.54, 1.807) is 19.2 Å². The van der Waals surface area contributed by atoms with Crippen LogP contribution in [0.2, 0.25) is 0 Å². The number of ether oxygens (including phenoxy) is 1. The third kappa shape index (κ3) is 2.08. The van der Waals surface area contributed by atoms with E-state index in [2.05, 4.69) is 4.98 Å². The van der Waals surface area contributed by atoms with Crippen molar-refractivity contribution in [2.75, 3.05) is 12.8 Å². The summed E-state index contributed by atoms with van der Waals surface area (Å²) in [5.41, 5.74) is 7.17. The molecule has 5 nitrogen and oxygen atoms in total. The number of nitrogens with two attached hydrogens (primary N) is 1. The Hall–Kier alpha value is -2.43. The highest BCUT2D eigenvalue weighted by Gasteiger charge is 2.12. The van der Waals surface area contributed by atoms with Gasteiger partial charge in [-0.1, -0.05) is 0 Å². The molecule has 0 aliphatic rings. The second-order valence-electron chi connectivity index (χ2n) is 3.54. The molecule has 0 saturated heterocycles. The van der Waals surface area contributed by atoms with Crippen molar-refractivity contribution in [3.8, 4) is 17.0 Å². The molecule has 0 aliphatic carbocycles. The van der Waals surface area contributed by atoms with Gasteiger partial charge in [0, 0.05) is 5.69 Å². The van der Waals surface area contributed by atoms with E-state index >= 15 is 0 Å². The van der Waals surface area contributed by atoms with Crippen LogP contribution in [0.3, 0.4) is 0 Å². The van der Waals surface area contributed by atoms with Crippen LogP contribution in [-0.2, 0) is 0 Å². The van der Waals surface area contributed by atoms with Crippen molar-refractivity contribution in [2.24, 2.45) is 0 Å². The number of carboxylic acid groups (broad SMARTS) is 1. The van der Waals surface area contributed by atoms with E-state index in [0.717, 1.165) is 11.3 Å². The number of aromatic amines is 1. The highest BCUT2D eigenvalue weighted by Crippen LogP contribution is 2.25. The van der Waals surface area contributed by atoms with E-state index in [0.29, 0.717) is 5.69 Å². The van der Waals surface area contributed by atoms with Gasteiger partial charge in [-0.15, -0.1) is 0 Å². The molecule has 4 N–H and O–H groups in total. The third-order valence-corrected chi connectivity index (χ3v) is 2.48. The number of hydrogen-bond acceptors (Lipinski definition) is 3. The summed E-state index contributed by atoms with van der Waals surface area (Å²) >= 11 is 0. The standard InChI is InChI=1S/C12H12N2O3/c1-17-8-4-2-7(3-5-8)10-6-9(12(15)16)11(13)14-10/h2-6,14H,13H2,1H3,(H,15,16). The van der Waals surface area contributed by atoms with E-state index in [1.165, 1.54) is 6.07 Å². The molecule has 1 aromatic carbocycles. The molecule has 1 heterocycles. The number of H-pyrrole nitrogens is 1. The van der Waals surface area contributed by atoms with Gasteiger partial charge in [0.05, 0.1) is 7.11 Å². The minimum absolute atomic E-state index is 0.0795. The van der Waals surface area contributed by atoms with Crippen molar-refractivity contribution in [2.45, 2.75) is 0 Å². The predicted molar refractivity (Wildman–Crippen MR) is 64.2 cm³/mol. The molecule has 1 aromatic heterocycles. The fourth-order valence-corrected chi connectivity index (χ4v) is 1.57. The first kappa shape index (κ1) is 11.1. The van der Waals surface area contributed by atoms with Gasteiger partial charge in [0.25, 0.3) is 0 Å².